The van der Waals surface area contributed by atoms with E-state index in [-0.39, 0.29) is 55.1 Å². The number of aliphatic hydroxyl groups excluding tert-OH is 1. The van der Waals surface area contributed by atoms with Crippen molar-refractivity contribution in [2.24, 2.45) is 11.3 Å². The van der Waals surface area contributed by atoms with E-state index in [0.29, 0.717) is 12.8 Å². The van der Waals surface area contributed by atoms with Crippen LogP contribution in [0.2, 0.25) is 0 Å². The maximum absolute atomic E-state index is 14.7. The zero-order chi connectivity index (χ0) is 24.4. The van der Waals surface area contributed by atoms with Crippen LogP contribution >= 0.6 is 0 Å². The van der Waals surface area contributed by atoms with E-state index in [2.05, 4.69) is 15.7 Å². The Bertz CT molecular complexity index is 1010. The van der Waals surface area contributed by atoms with Gasteiger partial charge in [-0.3, -0.25) is 14.3 Å². The second kappa shape index (κ2) is 9.70. The predicted molar refractivity (Wildman–Crippen MR) is 117 cm³/mol. The SMILES string of the molecule is CC(C)(C)C(NC(=O)c1nn(CC2CCC(F)(F)CC2)c2c(F)cccc12)C(=O)NCCO. The number of halogens is 3. The van der Waals surface area contributed by atoms with Crippen molar-refractivity contribution in [1.29, 1.82) is 0 Å². The van der Waals surface area contributed by atoms with Gasteiger partial charge < -0.3 is 15.7 Å². The van der Waals surface area contributed by atoms with Gasteiger partial charge in [-0.05, 0) is 30.2 Å². The summed E-state index contributed by atoms with van der Waals surface area (Å²) in [5, 5.41) is 18.9. The summed E-state index contributed by atoms with van der Waals surface area (Å²) in [4.78, 5) is 25.7. The molecule has 0 spiro atoms. The largest absolute Gasteiger partial charge is 0.395 e. The lowest BCUT2D eigenvalue weighted by molar-refractivity contribution is -0.125. The van der Waals surface area contributed by atoms with E-state index in [9.17, 15) is 22.8 Å². The lowest BCUT2D eigenvalue weighted by Gasteiger charge is -2.30. The Balaban J connectivity index is 1.89. The van der Waals surface area contributed by atoms with Crippen LogP contribution in [0.4, 0.5) is 13.2 Å². The van der Waals surface area contributed by atoms with Crippen molar-refractivity contribution in [3.8, 4) is 0 Å². The van der Waals surface area contributed by atoms with Crippen LogP contribution < -0.4 is 10.6 Å². The third-order valence-corrected chi connectivity index (χ3v) is 6.02. The van der Waals surface area contributed by atoms with E-state index in [1.54, 1.807) is 26.8 Å². The van der Waals surface area contributed by atoms with Crippen LogP contribution in [0.15, 0.2) is 18.2 Å². The molecule has 1 atom stereocenters. The molecule has 7 nitrogen and oxygen atoms in total. The highest BCUT2D eigenvalue weighted by Gasteiger charge is 2.36. The molecule has 0 aliphatic heterocycles. The zero-order valence-electron chi connectivity index (χ0n) is 19.1. The minimum Gasteiger partial charge on any atom is -0.395 e. The molecule has 33 heavy (non-hydrogen) atoms. The number of hydrogen-bond donors (Lipinski definition) is 3. The van der Waals surface area contributed by atoms with E-state index >= 15 is 0 Å². The van der Waals surface area contributed by atoms with Gasteiger partial charge in [-0.2, -0.15) is 5.10 Å². The molecular weight excluding hydrogens is 437 g/mol. The molecule has 0 bridgehead atoms. The van der Waals surface area contributed by atoms with Crippen LogP contribution in [0.5, 0.6) is 0 Å². The first-order chi connectivity index (χ1) is 15.4. The summed E-state index contributed by atoms with van der Waals surface area (Å²) in [7, 11) is 0. The van der Waals surface area contributed by atoms with Crippen LogP contribution in [-0.4, -0.2) is 51.8 Å². The Morgan fingerprint density at radius 2 is 1.94 bits per heavy atom. The van der Waals surface area contributed by atoms with Crippen LogP contribution in [-0.2, 0) is 11.3 Å². The topological polar surface area (TPSA) is 96.2 Å². The number of fused-ring (bicyclic) bond motifs is 1. The van der Waals surface area contributed by atoms with Gasteiger partial charge in [0.1, 0.15) is 17.4 Å². The lowest BCUT2D eigenvalue weighted by Crippen LogP contribution is -2.54. The molecule has 1 aliphatic rings. The highest BCUT2D eigenvalue weighted by atomic mass is 19.3. The number of hydrogen-bond acceptors (Lipinski definition) is 4. The Hall–Kier alpha value is -2.62. The summed E-state index contributed by atoms with van der Waals surface area (Å²) in [5.74, 6) is -4.43. The molecule has 10 heteroatoms. The maximum atomic E-state index is 14.7. The van der Waals surface area contributed by atoms with E-state index in [4.69, 9.17) is 5.11 Å². The van der Waals surface area contributed by atoms with E-state index in [0.717, 1.165) is 0 Å². The number of para-hydroxylation sites is 1. The van der Waals surface area contributed by atoms with Crippen molar-refractivity contribution >= 4 is 22.7 Å². The van der Waals surface area contributed by atoms with Gasteiger partial charge in [0.2, 0.25) is 11.8 Å². The molecule has 1 aromatic carbocycles. The van der Waals surface area contributed by atoms with Crippen molar-refractivity contribution in [3.05, 3.63) is 29.7 Å². The first-order valence-corrected chi connectivity index (χ1v) is 11.2. The first-order valence-electron chi connectivity index (χ1n) is 11.2. The van der Waals surface area contributed by atoms with Gasteiger partial charge >= 0.3 is 0 Å². The Kier molecular flexibility index (Phi) is 7.36. The monoisotopic (exact) mass is 468 g/mol. The number of carbonyl (C=O) groups is 2. The Morgan fingerprint density at radius 1 is 1.27 bits per heavy atom. The van der Waals surface area contributed by atoms with Crippen molar-refractivity contribution in [3.63, 3.8) is 0 Å². The fourth-order valence-electron chi connectivity index (χ4n) is 4.18. The van der Waals surface area contributed by atoms with Crippen molar-refractivity contribution in [1.82, 2.24) is 20.4 Å². The molecule has 1 unspecified atom stereocenters. The van der Waals surface area contributed by atoms with E-state index in [1.165, 1.54) is 16.8 Å². The highest BCUT2D eigenvalue weighted by molar-refractivity contribution is 6.06. The number of benzene rings is 1. The average Bonchev–Trinajstić information content (AvgIpc) is 3.10. The normalized spacial score (nSPS) is 17.7. The fourth-order valence-corrected chi connectivity index (χ4v) is 4.18. The third kappa shape index (κ3) is 5.85. The number of aliphatic hydroxyl groups is 1. The first kappa shape index (κ1) is 25.0. The van der Waals surface area contributed by atoms with Crippen molar-refractivity contribution < 1.29 is 27.9 Å². The van der Waals surface area contributed by atoms with Gasteiger partial charge in [-0.25, -0.2) is 13.2 Å². The van der Waals surface area contributed by atoms with Crippen molar-refractivity contribution in [2.75, 3.05) is 13.2 Å². The minimum absolute atomic E-state index is 0.0325. The van der Waals surface area contributed by atoms with Gasteiger partial charge in [-0.1, -0.05) is 32.9 Å². The molecule has 182 valence electrons. The second-order valence-electron chi connectivity index (χ2n) is 9.75. The highest BCUT2D eigenvalue weighted by Crippen LogP contribution is 2.37. The van der Waals surface area contributed by atoms with Crippen LogP contribution in [0.3, 0.4) is 0 Å². The summed E-state index contributed by atoms with van der Waals surface area (Å²) in [5.41, 5.74) is -0.543. The summed E-state index contributed by atoms with van der Waals surface area (Å²) < 4.78 is 43.1. The van der Waals surface area contributed by atoms with Gasteiger partial charge in [0.15, 0.2) is 5.69 Å². The molecule has 1 aromatic heterocycles. The van der Waals surface area contributed by atoms with Gasteiger partial charge in [0.25, 0.3) is 5.91 Å². The van der Waals surface area contributed by atoms with Crippen LogP contribution in [0, 0.1) is 17.2 Å². The molecular formula is C23H31F3N4O3. The Labute approximate surface area is 190 Å². The smallest absolute Gasteiger partial charge is 0.273 e. The lowest BCUT2D eigenvalue weighted by atomic mass is 9.86. The molecule has 1 saturated carbocycles. The third-order valence-electron chi connectivity index (χ3n) is 6.02. The summed E-state index contributed by atoms with van der Waals surface area (Å²) in [6.45, 7) is 5.38. The predicted octanol–water partition coefficient (Wildman–Crippen LogP) is 3.25. The minimum atomic E-state index is -2.67. The number of rotatable bonds is 7. The van der Waals surface area contributed by atoms with E-state index in [1.807, 2.05) is 0 Å². The molecule has 1 fully saturated rings. The number of aromatic nitrogens is 2. The average molecular weight is 469 g/mol. The van der Waals surface area contributed by atoms with Gasteiger partial charge in [0, 0.05) is 31.3 Å². The molecule has 2 amide bonds. The Morgan fingerprint density at radius 3 is 2.55 bits per heavy atom. The number of nitrogens with one attached hydrogen (secondary N) is 2. The molecule has 0 radical (unpaired) electrons. The summed E-state index contributed by atoms with van der Waals surface area (Å²) in [6.07, 6.45) is 0.148. The maximum Gasteiger partial charge on any atom is 0.273 e. The molecule has 3 N–H and O–H groups in total. The standard InChI is InChI=1S/C23H31F3N4O3/c1-22(2,3)19(21(33)27-11-12-31)28-20(32)17-15-5-4-6-16(24)18(15)30(29-17)13-14-7-9-23(25,26)10-8-14/h4-6,14,19,31H,7-13H2,1-3H3,(H,27,33)(H,28,32). The number of nitrogens with zero attached hydrogens (tertiary/aromatic N) is 2. The molecule has 0 saturated heterocycles. The number of carbonyl (C=O) groups excluding carboxylic acids is 2. The molecule has 2 aromatic rings. The summed E-state index contributed by atoms with van der Waals surface area (Å²) in [6, 6.07) is 3.38. The zero-order valence-corrected chi connectivity index (χ0v) is 19.1. The molecule has 3 rings (SSSR count). The van der Waals surface area contributed by atoms with E-state index < -0.39 is 35.0 Å². The number of alkyl halides is 2. The fraction of sp³-hybridized carbons (Fsp3) is 0.609. The number of amides is 2. The summed E-state index contributed by atoms with van der Waals surface area (Å²) >= 11 is 0. The molecule has 1 heterocycles. The van der Waals surface area contributed by atoms with Gasteiger partial charge in [0.05, 0.1) is 6.61 Å². The van der Waals surface area contributed by atoms with Crippen LogP contribution in [0.1, 0.15) is 56.9 Å². The second-order valence-corrected chi connectivity index (χ2v) is 9.75. The van der Waals surface area contributed by atoms with Crippen molar-refractivity contribution in [2.45, 2.75) is 65.0 Å². The van der Waals surface area contributed by atoms with Crippen LogP contribution in [0.25, 0.3) is 10.9 Å². The quantitative estimate of drug-likeness (QED) is 0.581. The van der Waals surface area contributed by atoms with Gasteiger partial charge in [-0.15, -0.1) is 0 Å². The molecule has 1 aliphatic carbocycles.